The van der Waals surface area contributed by atoms with Crippen LogP contribution in [-0.2, 0) is 20.4 Å². The van der Waals surface area contributed by atoms with E-state index >= 15 is 0 Å². The van der Waals surface area contributed by atoms with Gasteiger partial charge in [-0.1, -0.05) is 12.1 Å². The molecule has 174 valence electrons. The molecular formula is C16H20N5O10P. The minimum absolute atomic E-state index is 0.0339. The van der Waals surface area contributed by atoms with E-state index in [4.69, 9.17) is 20.3 Å². The second-order valence-corrected chi connectivity index (χ2v) is 8.06. The number of carbonyl (C=O) groups excluding carboxylic acids is 1. The van der Waals surface area contributed by atoms with Gasteiger partial charge in [0.2, 0.25) is 0 Å². The SMILES string of the molecule is Nc1c(C(=O)NCc2ccc([N+](=O)[O-])cc2)ncn1[C@@H]1OC(COP(=O)(O)O)[C@@H](O)[C@H]1O. The van der Waals surface area contributed by atoms with Gasteiger partial charge in [-0.25, -0.2) is 9.55 Å². The predicted octanol–water partition coefficient (Wildman–Crippen LogP) is -0.968. The fraction of sp³-hybridized carbons (Fsp3) is 0.375. The molecule has 1 aliphatic heterocycles. The molecule has 0 bridgehead atoms. The molecule has 4 atom stereocenters. The van der Waals surface area contributed by atoms with Crippen LogP contribution in [0.1, 0.15) is 22.3 Å². The molecule has 16 heteroatoms. The minimum Gasteiger partial charge on any atom is -0.387 e. The number of aromatic nitrogens is 2. The summed E-state index contributed by atoms with van der Waals surface area (Å²) in [5.41, 5.74) is 6.23. The lowest BCUT2D eigenvalue weighted by molar-refractivity contribution is -0.384. The van der Waals surface area contributed by atoms with Crippen LogP contribution >= 0.6 is 7.82 Å². The van der Waals surface area contributed by atoms with Crippen molar-refractivity contribution in [3.05, 3.63) is 52.0 Å². The number of anilines is 1. The Morgan fingerprint density at radius 2 is 1.97 bits per heavy atom. The largest absolute Gasteiger partial charge is 0.469 e. The summed E-state index contributed by atoms with van der Waals surface area (Å²) in [5.74, 6) is -0.868. The first kappa shape index (κ1) is 23.7. The number of rotatable bonds is 8. The van der Waals surface area contributed by atoms with E-state index in [0.717, 1.165) is 10.9 Å². The Kier molecular flexibility index (Phi) is 6.90. The standard InChI is InChI=1S/C16H20N5O10P/c17-14-11(15(24)18-5-8-1-3-9(4-2-8)21(25)26)19-7-20(14)16-13(23)12(22)10(31-16)6-30-32(27,28)29/h1-4,7,10,12-13,16,22-23H,5-6,17H2,(H,18,24)(H2,27,28,29)/t10?,12-,13-,16-/m1/s1. The maximum Gasteiger partial charge on any atom is 0.469 e. The van der Waals surface area contributed by atoms with Gasteiger partial charge in [-0.2, -0.15) is 0 Å². The molecule has 1 aliphatic rings. The first-order valence-corrected chi connectivity index (χ1v) is 10.6. The van der Waals surface area contributed by atoms with E-state index in [0.29, 0.717) is 5.56 Å². The van der Waals surface area contributed by atoms with E-state index in [1.165, 1.54) is 24.3 Å². The number of nitrogens with one attached hydrogen (secondary N) is 1. The van der Waals surface area contributed by atoms with E-state index in [9.17, 15) is 29.7 Å². The van der Waals surface area contributed by atoms with Crippen LogP contribution in [0.15, 0.2) is 30.6 Å². The predicted molar refractivity (Wildman–Crippen MR) is 105 cm³/mol. The number of ether oxygens (including phenoxy) is 1. The van der Waals surface area contributed by atoms with Gasteiger partial charge in [-0.15, -0.1) is 0 Å². The van der Waals surface area contributed by atoms with Gasteiger partial charge in [0, 0.05) is 18.7 Å². The lowest BCUT2D eigenvalue weighted by atomic mass is 10.1. The highest BCUT2D eigenvalue weighted by Crippen LogP contribution is 2.38. The molecule has 15 nitrogen and oxygen atoms in total. The van der Waals surface area contributed by atoms with E-state index in [1.807, 2.05) is 0 Å². The molecule has 1 aromatic carbocycles. The number of benzene rings is 1. The number of amides is 1. The molecule has 32 heavy (non-hydrogen) atoms. The van der Waals surface area contributed by atoms with Crippen molar-refractivity contribution in [2.75, 3.05) is 12.3 Å². The Morgan fingerprint density at radius 1 is 1.31 bits per heavy atom. The first-order valence-electron chi connectivity index (χ1n) is 9.03. The van der Waals surface area contributed by atoms with Gasteiger partial charge < -0.3 is 35.8 Å². The molecule has 1 unspecified atom stereocenters. The lowest BCUT2D eigenvalue weighted by Crippen LogP contribution is -2.33. The van der Waals surface area contributed by atoms with E-state index in [1.54, 1.807) is 0 Å². The summed E-state index contributed by atoms with van der Waals surface area (Å²) in [7, 11) is -4.82. The molecule has 7 N–H and O–H groups in total. The first-order chi connectivity index (χ1) is 15.0. The van der Waals surface area contributed by atoms with Gasteiger partial charge >= 0.3 is 7.82 Å². The highest BCUT2D eigenvalue weighted by molar-refractivity contribution is 7.46. The number of hydrogen-bond acceptors (Lipinski definition) is 10. The van der Waals surface area contributed by atoms with Gasteiger partial charge in [0.15, 0.2) is 11.9 Å². The van der Waals surface area contributed by atoms with Gasteiger partial charge in [0.25, 0.3) is 11.6 Å². The van der Waals surface area contributed by atoms with Crippen LogP contribution in [0, 0.1) is 10.1 Å². The minimum atomic E-state index is -4.82. The summed E-state index contributed by atoms with van der Waals surface area (Å²) in [6, 6.07) is 5.54. The highest BCUT2D eigenvalue weighted by Gasteiger charge is 2.45. The van der Waals surface area contributed by atoms with Crippen molar-refractivity contribution in [2.24, 2.45) is 0 Å². The molecule has 2 heterocycles. The zero-order chi connectivity index (χ0) is 23.6. The van der Waals surface area contributed by atoms with Crippen LogP contribution in [0.2, 0.25) is 0 Å². The molecule has 0 spiro atoms. The highest BCUT2D eigenvalue weighted by atomic mass is 31.2. The third-order valence-electron chi connectivity index (χ3n) is 4.67. The molecule has 1 aromatic heterocycles. The van der Waals surface area contributed by atoms with E-state index in [-0.39, 0.29) is 23.7 Å². The molecule has 1 amide bonds. The number of nitrogens with zero attached hydrogens (tertiary/aromatic N) is 3. The summed E-state index contributed by atoms with van der Waals surface area (Å²) < 4.78 is 21.6. The van der Waals surface area contributed by atoms with Crippen LogP contribution < -0.4 is 11.1 Å². The molecule has 3 rings (SSSR count). The fourth-order valence-corrected chi connectivity index (χ4v) is 3.36. The topological polar surface area (TPSA) is 233 Å². The van der Waals surface area contributed by atoms with E-state index in [2.05, 4.69) is 14.8 Å². The lowest BCUT2D eigenvalue weighted by Gasteiger charge is -2.17. The van der Waals surface area contributed by atoms with Crippen molar-refractivity contribution in [3.8, 4) is 0 Å². The molecule has 1 fully saturated rings. The molecule has 2 aromatic rings. The molecule has 1 saturated heterocycles. The number of nitrogen functional groups attached to an aromatic ring is 1. The number of non-ortho nitro benzene ring substituents is 1. The van der Waals surface area contributed by atoms with Crippen molar-refractivity contribution in [2.45, 2.75) is 31.1 Å². The van der Waals surface area contributed by atoms with Crippen molar-refractivity contribution in [3.63, 3.8) is 0 Å². The summed E-state index contributed by atoms with van der Waals surface area (Å²) in [6.07, 6.45) is -4.56. The maximum absolute atomic E-state index is 12.4. The molecule has 0 saturated carbocycles. The number of nitro benzene ring substituents is 1. The number of nitrogens with two attached hydrogens (primary N) is 1. The van der Waals surface area contributed by atoms with Crippen molar-refractivity contribution >= 4 is 25.2 Å². The van der Waals surface area contributed by atoms with Crippen molar-refractivity contribution in [1.29, 1.82) is 0 Å². The fourth-order valence-electron chi connectivity index (χ4n) is 3.02. The second-order valence-electron chi connectivity index (χ2n) is 6.82. The van der Waals surface area contributed by atoms with Crippen LogP contribution in [0.25, 0.3) is 0 Å². The van der Waals surface area contributed by atoms with Gasteiger partial charge in [-0.05, 0) is 5.56 Å². The Hall–Kier alpha value is -2.91. The van der Waals surface area contributed by atoms with Crippen LogP contribution in [0.3, 0.4) is 0 Å². The Morgan fingerprint density at radius 3 is 2.56 bits per heavy atom. The average Bonchev–Trinajstić information content (AvgIpc) is 3.24. The number of hydrogen-bond donors (Lipinski definition) is 6. The molecule has 0 radical (unpaired) electrons. The quantitative estimate of drug-likeness (QED) is 0.154. The summed E-state index contributed by atoms with van der Waals surface area (Å²) in [6.45, 7) is -0.664. The second kappa shape index (κ2) is 9.30. The Labute approximate surface area is 179 Å². The van der Waals surface area contributed by atoms with Crippen LogP contribution in [0.4, 0.5) is 11.5 Å². The van der Waals surface area contributed by atoms with Gasteiger partial charge in [0.1, 0.15) is 24.1 Å². The molecular weight excluding hydrogens is 453 g/mol. The summed E-state index contributed by atoms with van der Waals surface area (Å²) in [5, 5.41) is 33.5. The van der Waals surface area contributed by atoms with Crippen LogP contribution in [0.5, 0.6) is 0 Å². The third kappa shape index (κ3) is 5.28. The maximum atomic E-state index is 12.4. The number of carbonyl (C=O) groups is 1. The third-order valence-corrected chi connectivity index (χ3v) is 5.15. The molecule has 0 aliphatic carbocycles. The van der Waals surface area contributed by atoms with E-state index < -0.39 is 49.8 Å². The van der Waals surface area contributed by atoms with Crippen LogP contribution in [-0.4, -0.2) is 65.3 Å². The summed E-state index contributed by atoms with van der Waals surface area (Å²) >= 11 is 0. The number of nitro groups is 1. The number of imidazole rings is 1. The summed E-state index contributed by atoms with van der Waals surface area (Å²) in [4.78, 5) is 44.0. The van der Waals surface area contributed by atoms with Gasteiger partial charge in [-0.3, -0.25) is 24.0 Å². The average molecular weight is 473 g/mol. The Bertz CT molecular complexity index is 1040. The van der Waals surface area contributed by atoms with Crippen molar-refractivity contribution in [1.82, 2.24) is 14.9 Å². The Balaban J connectivity index is 1.65. The normalized spacial score (nSPS) is 23.2. The smallest absolute Gasteiger partial charge is 0.387 e. The monoisotopic (exact) mass is 473 g/mol. The van der Waals surface area contributed by atoms with Gasteiger partial charge in [0.05, 0.1) is 17.9 Å². The number of aliphatic hydroxyl groups is 2. The van der Waals surface area contributed by atoms with Crippen molar-refractivity contribution < 1.29 is 43.5 Å². The zero-order valence-electron chi connectivity index (χ0n) is 16.2. The number of phosphoric acid groups is 1. The number of phosphoric ester groups is 1. The zero-order valence-corrected chi connectivity index (χ0v) is 17.1. The number of aliphatic hydroxyl groups excluding tert-OH is 2.